The number of fused-ring (bicyclic) bond motifs is 1. The van der Waals surface area contributed by atoms with Gasteiger partial charge in [-0.25, -0.2) is 0 Å². The van der Waals surface area contributed by atoms with E-state index in [2.05, 4.69) is 10.3 Å². The van der Waals surface area contributed by atoms with Gasteiger partial charge in [0.05, 0.1) is 11.1 Å². The van der Waals surface area contributed by atoms with Gasteiger partial charge in [0, 0.05) is 44.3 Å². The van der Waals surface area contributed by atoms with Gasteiger partial charge in [0.15, 0.2) is 0 Å². The largest absolute Gasteiger partial charge is 0.416 e. The molecule has 4 nitrogen and oxygen atoms in total. The fraction of sp³-hybridized carbons (Fsp3) is 0.375. The Bertz CT molecular complexity index is 701. The van der Waals surface area contributed by atoms with Crippen LogP contribution in [0, 0.1) is 0 Å². The number of benzene rings is 1. The van der Waals surface area contributed by atoms with E-state index in [1.54, 1.807) is 6.07 Å². The Kier molecular flexibility index (Phi) is 5.08. The van der Waals surface area contributed by atoms with E-state index < -0.39 is 11.7 Å². The molecule has 1 N–H and O–H groups in total. The van der Waals surface area contributed by atoms with E-state index in [0.29, 0.717) is 24.0 Å². The van der Waals surface area contributed by atoms with Gasteiger partial charge in [-0.15, -0.1) is 0 Å². The minimum absolute atomic E-state index is 0.0818. The maximum absolute atomic E-state index is 12.8. The Morgan fingerprint density at radius 2 is 2.04 bits per heavy atom. The molecule has 0 aliphatic heterocycles. The molecular formula is C16H18F3N3O. The summed E-state index contributed by atoms with van der Waals surface area (Å²) in [6.45, 7) is 2.68. The van der Waals surface area contributed by atoms with Crippen LogP contribution in [-0.2, 0) is 11.0 Å². The van der Waals surface area contributed by atoms with Crippen molar-refractivity contribution in [3.63, 3.8) is 0 Å². The fourth-order valence-corrected chi connectivity index (χ4v) is 2.34. The maximum atomic E-state index is 12.8. The summed E-state index contributed by atoms with van der Waals surface area (Å²) in [6, 6.07) is 5.35. The Hall–Kier alpha value is -2.31. The van der Waals surface area contributed by atoms with Gasteiger partial charge in [0.2, 0.25) is 5.91 Å². The summed E-state index contributed by atoms with van der Waals surface area (Å²) in [5.74, 6) is -0.0818. The molecule has 7 heteroatoms. The van der Waals surface area contributed by atoms with Gasteiger partial charge < -0.3 is 10.2 Å². The molecule has 1 amide bonds. The average molecular weight is 325 g/mol. The van der Waals surface area contributed by atoms with Crippen LogP contribution in [0.5, 0.6) is 0 Å². The lowest BCUT2D eigenvalue weighted by atomic mass is 10.1. The van der Waals surface area contributed by atoms with Crippen molar-refractivity contribution in [1.82, 2.24) is 10.3 Å². The Morgan fingerprint density at radius 1 is 1.30 bits per heavy atom. The first-order valence-corrected chi connectivity index (χ1v) is 7.20. The van der Waals surface area contributed by atoms with Crippen LogP contribution in [0.3, 0.4) is 0 Å². The SMILES string of the molecule is CC(=O)NCCCN(C)c1ccnc2cc(C(F)(F)F)ccc12. The lowest BCUT2D eigenvalue weighted by Crippen LogP contribution is -2.26. The van der Waals surface area contributed by atoms with E-state index in [1.165, 1.54) is 19.2 Å². The van der Waals surface area contributed by atoms with Crippen molar-refractivity contribution < 1.29 is 18.0 Å². The third kappa shape index (κ3) is 4.34. The maximum Gasteiger partial charge on any atom is 0.416 e. The van der Waals surface area contributed by atoms with Crippen LogP contribution in [0.15, 0.2) is 30.5 Å². The molecule has 0 radical (unpaired) electrons. The van der Waals surface area contributed by atoms with Crippen LogP contribution in [0.1, 0.15) is 18.9 Å². The molecule has 0 unspecified atom stereocenters. The highest BCUT2D eigenvalue weighted by Gasteiger charge is 2.30. The van der Waals surface area contributed by atoms with E-state index in [1.807, 2.05) is 11.9 Å². The predicted molar refractivity (Wildman–Crippen MR) is 83.3 cm³/mol. The summed E-state index contributed by atoms with van der Waals surface area (Å²) in [5, 5.41) is 3.38. The second-order valence-corrected chi connectivity index (χ2v) is 5.32. The van der Waals surface area contributed by atoms with Crippen molar-refractivity contribution >= 4 is 22.5 Å². The van der Waals surface area contributed by atoms with E-state index in [0.717, 1.165) is 24.2 Å². The molecule has 1 aromatic carbocycles. The van der Waals surface area contributed by atoms with Crippen LogP contribution in [0.25, 0.3) is 10.9 Å². The predicted octanol–water partition coefficient (Wildman–Crippen LogP) is 3.22. The number of amides is 1. The van der Waals surface area contributed by atoms with E-state index in [4.69, 9.17) is 0 Å². The Balaban J connectivity index is 2.19. The molecule has 0 aliphatic carbocycles. The standard InChI is InChI=1S/C16H18F3N3O/c1-11(23)20-7-3-9-22(2)15-6-8-21-14-10-12(16(17,18)19)4-5-13(14)15/h4-6,8,10H,3,7,9H2,1-2H3,(H,20,23). The van der Waals surface area contributed by atoms with Crippen LogP contribution < -0.4 is 10.2 Å². The molecule has 0 bridgehead atoms. The van der Waals surface area contributed by atoms with Gasteiger partial charge in [-0.2, -0.15) is 13.2 Å². The van der Waals surface area contributed by atoms with Crippen LogP contribution in [0.2, 0.25) is 0 Å². The van der Waals surface area contributed by atoms with E-state index in [9.17, 15) is 18.0 Å². The molecule has 0 atom stereocenters. The molecule has 0 fully saturated rings. The normalized spacial score (nSPS) is 11.5. The second-order valence-electron chi connectivity index (χ2n) is 5.32. The highest BCUT2D eigenvalue weighted by atomic mass is 19.4. The number of aromatic nitrogens is 1. The number of nitrogens with one attached hydrogen (secondary N) is 1. The Labute approximate surface area is 132 Å². The molecule has 0 spiro atoms. The van der Waals surface area contributed by atoms with Crippen molar-refractivity contribution in [2.75, 3.05) is 25.0 Å². The second kappa shape index (κ2) is 6.85. The first-order valence-electron chi connectivity index (χ1n) is 7.20. The van der Waals surface area contributed by atoms with E-state index in [-0.39, 0.29) is 5.91 Å². The molecule has 2 aromatic rings. The lowest BCUT2D eigenvalue weighted by molar-refractivity contribution is -0.137. The molecular weight excluding hydrogens is 307 g/mol. The summed E-state index contributed by atoms with van der Waals surface area (Å²) in [6.07, 6.45) is -2.14. The number of anilines is 1. The quantitative estimate of drug-likeness (QED) is 0.859. The molecule has 0 saturated carbocycles. The van der Waals surface area contributed by atoms with Gasteiger partial charge in [-0.3, -0.25) is 9.78 Å². The zero-order valence-corrected chi connectivity index (χ0v) is 12.9. The first-order chi connectivity index (χ1) is 10.8. The summed E-state index contributed by atoms with van der Waals surface area (Å²) in [4.78, 5) is 16.8. The number of carbonyl (C=O) groups excluding carboxylic acids is 1. The first kappa shape index (κ1) is 17.1. The van der Waals surface area contributed by atoms with Gasteiger partial charge >= 0.3 is 6.18 Å². The number of hydrogen-bond donors (Lipinski definition) is 1. The smallest absolute Gasteiger partial charge is 0.374 e. The number of halogens is 3. The highest BCUT2D eigenvalue weighted by molar-refractivity contribution is 5.91. The molecule has 0 saturated heterocycles. The number of hydrogen-bond acceptors (Lipinski definition) is 3. The minimum Gasteiger partial charge on any atom is -0.374 e. The third-order valence-electron chi connectivity index (χ3n) is 3.50. The number of nitrogens with zero attached hydrogens (tertiary/aromatic N) is 2. The molecule has 124 valence electrons. The monoisotopic (exact) mass is 325 g/mol. The zero-order valence-electron chi connectivity index (χ0n) is 12.9. The van der Waals surface area contributed by atoms with Crippen molar-refractivity contribution in [3.8, 4) is 0 Å². The third-order valence-corrected chi connectivity index (χ3v) is 3.50. The van der Waals surface area contributed by atoms with Crippen LogP contribution in [-0.4, -0.2) is 31.0 Å². The van der Waals surface area contributed by atoms with Crippen molar-refractivity contribution in [2.24, 2.45) is 0 Å². The fourth-order valence-electron chi connectivity index (χ4n) is 2.34. The number of carbonyl (C=O) groups is 1. The topological polar surface area (TPSA) is 45.2 Å². The summed E-state index contributed by atoms with van der Waals surface area (Å²) in [5.41, 5.74) is 0.417. The summed E-state index contributed by atoms with van der Waals surface area (Å²) < 4.78 is 38.3. The average Bonchev–Trinajstić information content (AvgIpc) is 2.49. The number of rotatable bonds is 5. The molecule has 0 aliphatic rings. The van der Waals surface area contributed by atoms with Gasteiger partial charge in [-0.1, -0.05) is 6.07 Å². The molecule has 1 heterocycles. The summed E-state index contributed by atoms with van der Waals surface area (Å²) >= 11 is 0. The van der Waals surface area contributed by atoms with Crippen molar-refractivity contribution in [2.45, 2.75) is 19.5 Å². The van der Waals surface area contributed by atoms with Gasteiger partial charge in [0.25, 0.3) is 0 Å². The molecule has 1 aromatic heterocycles. The van der Waals surface area contributed by atoms with Crippen molar-refractivity contribution in [1.29, 1.82) is 0 Å². The Morgan fingerprint density at radius 3 is 2.70 bits per heavy atom. The number of pyridine rings is 1. The number of alkyl halides is 3. The van der Waals surface area contributed by atoms with Crippen LogP contribution in [0.4, 0.5) is 18.9 Å². The highest BCUT2D eigenvalue weighted by Crippen LogP contribution is 2.33. The van der Waals surface area contributed by atoms with Crippen molar-refractivity contribution in [3.05, 3.63) is 36.0 Å². The molecule has 23 heavy (non-hydrogen) atoms. The van der Waals surface area contributed by atoms with Gasteiger partial charge in [-0.05, 0) is 24.6 Å². The van der Waals surface area contributed by atoms with E-state index >= 15 is 0 Å². The van der Waals surface area contributed by atoms with Crippen LogP contribution >= 0.6 is 0 Å². The minimum atomic E-state index is -4.38. The molecule has 2 rings (SSSR count). The van der Waals surface area contributed by atoms with Gasteiger partial charge in [0.1, 0.15) is 0 Å². The summed E-state index contributed by atoms with van der Waals surface area (Å²) in [7, 11) is 1.86. The lowest BCUT2D eigenvalue weighted by Gasteiger charge is -2.21. The zero-order chi connectivity index (χ0) is 17.0.